The second-order valence-electron chi connectivity index (χ2n) is 4.79. The molecule has 0 fully saturated rings. The maximum absolute atomic E-state index is 13.1. The Bertz CT molecular complexity index is 400. The Hall–Kier alpha value is -1.62. The van der Waals surface area contributed by atoms with Crippen molar-refractivity contribution in [2.45, 2.75) is 26.4 Å². The molecule has 0 saturated carbocycles. The number of hydrogen-bond donors (Lipinski definition) is 2. The second kappa shape index (κ2) is 6.35. The minimum atomic E-state index is -0.356. The smallest absolute Gasteiger partial charge is 0.234 e. The summed E-state index contributed by atoms with van der Waals surface area (Å²) >= 11 is 0. The van der Waals surface area contributed by atoms with Crippen molar-refractivity contribution in [2.24, 2.45) is 0 Å². The van der Waals surface area contributed by atoms with E-state index in [1.165, 1.54) is 12.1 Å². The fourth-order valence-electron chi connectivity index (χ4n) is 1.75. The number of nitrogen functional groups attached to an aromatic ring is 1. The molecule has 0 radical (unpaired) electrons. The van der Waals surface area contributed by atoms with Crippen LogP contribution in [0.15, 0.2) is 18.2 Å². The molecule has 0 aliphatic carbocycles. The first kappa shape index (κ1) is 14.4. The van der Waals surface area contributed by atoms with Crippen molar-refractivity contribution in [3.63, 3.8) is 0 Å². The molecule has 0 aromatic heterocycles. The average molecular weight is 253 g/mol. The van der Waals surface area contributed by atoms with Gasteiger partial charge in [0.2, 0.25) is 5.91 Å². The monoisotopic (exact) mass is 253 g/mol. The summed E-state index contributed by atoms with van der Waals surface area (Å²) in [6, 6.07) is 4.53. The predicted molar refractivity (Wildman–Crippen MR) is 70.4 cm³/mol. The number of amides is 1. The van der Waals surface area contributed by atoms with Gasteiger partial charge in [-0.3, -0.25) is 9.69 Å². The van der Waals surface area contributed by atoms with Crippen LogP contribution in [0.3, 0.4) is 0 Å². The number of nitrogens with two attached hydrogens (primary N) is 1. The molecule has 0 saturated heterocycles. The Morgan fingerprint density at radius 1 is 1.44 bits per heavy atom. The van der Waals surface area contributed by atoms with E-state index in [1.54, 1.807) is 13.1 Å². The van der Waals surface area contributed by atoms with Crippen LogP contribution >= 0.6 is 0 Å². The molecule has 18 heavy (non-hydrogen) atoms. The number of hydrogen-bond acceptors (Lipinski definition) is 3. The zero-order valence-electron chi connectivity index (χ0n) is 11.0. The Morgan fingerprint density at radius 2 is 2.11 bits per heavy atom. The number of carbonyl (C=O) groups excluding carboxylic acids is 1. The fraction of sp³-hybridized carbons (Fsp3) is 0.462. The highest BCUT2D eigenvalue weighted by Crippen LogP contribution is 2.12. The topological polar surface area (TPSA) is 58.4 Å². The first-order chi connectivity index (χ1) is 8.36. The molecular formula is C13H20FN3O. The van der Waals surface area contributed by atoms with Gasteiger partial charge in [0, 0.05) is 18.3 Å². The maximum atomic E-state index is 13.1. The Kier molecular flexibility index (Phi) is 5.09. The van der Waals surface area contributed by atoms with Crippen LogP contribution < -0.4 is 11.1 Å². The molecule has 1 rings (SSSR count). The normalized spacial score (nSPS) is 11.0. The molecule has 0 atom stereocenters. The van der Waals surface area contributed by atoms with E-state index >= 15 is 0 Å². The molecule has 4 nitrogen and oxygen atoms in total. The number of carbonyl (C=O) groups is 1. The minimum absolute atomic E-state index is 0.0446. The van der Waals surface area contributed by atoms with Gasteiger partial charge in [-0.2, -0.15) is 0 Å². The lowest BCUT2D eigenvalue weighted by Crippen LogP contribution is -2.38. The van der Waals surface area contributed by atoms with Crippen LogP contribution in [0.1, 0.15) is 19.4 Å². The van der Waals surface area contributed by atoms with Gasteiger partial charge < -0.3 is 11.1 Å². The van der Waals surface area contributed by atoms with Crippen molar-refractivity contribution in [1.82, 2.24) is 10.2 Å². The number of benzene rings is 1. The van der Waals surface area contributed by atoms with Crippen molar-refractivity contribution in [1.29, 1.82) is 0 Å². The van der Waals surface area contributed by atoms with Crippen LogP contribution in [0.25, 0.3) is 0 Å². The van der Waals surface area contributed by atoms with E-state index in [9.17, 15) is 9.18 Å². The van der Waals surface area contributed by atoms with Crippen molar-refractivity contribution >= 4 is 11.6 Å². The molecule has 0 unspecified atom stereocenters. The molecule has 1 aromatic rings. The molecule has 100 valence electrons. The van der Waals surface area contributed by atoms with Gasteiger partial charge in [0.25, 0.3) is 0 Å². The van der Waals surface area contributed by atoms with Crippen molar-refractivity contribution in [2.75, 3.05) is 19.3 Å². The number of halogens is 1. The largest absolute Gasteiger partial charge is 0.399 e. The predicted octanol–water partition coefficient (Wildman–Crippen LogP) is 1.36. The second-order valence-corrected chi connectivity index (χ2v) is 4.79. The van der Waals surface area contributed by atoms with Gasteiger partial charge in [-0.1, -0.05) is 0 Å². The van der Waals surface area contributed by atoms with Gasteiger partial charge in [0.15, 0.2) is 0 Å². The summed E-state index contributed by atoms with van der Waals surface area (Å²) < 4.78 is 13.1. The van der Waals surface area contributed by atoms with Gasteiger partial charge in [0.1, 0.15) is 5.82 Å². The molecule has 5 heteroatoms. The van der Waals surface area contributed by atoms with E-state index in [2.05, 4.69) is 5.32 Å². The quantitative estimate of drug-likeness (QED) is 0.779. The zero-order chi connectivity index (χ0) is 13.7. The summed E-state index contributed by atoms with van der Waals surface area (Å²) in [5.41, 5.74) is 6.71. The lowest BCUT2D eigenvalue weighted by molar-refractivity contribution is -0.122. The maximum Gasteiger partial charge on any atom is 0.234 e. The number of nitrogens with zero attached hydrogens (tertiary/aromatic N) is 1. The summed E-state index contributed by atoms with van der Waals surface area (Å²) in [4.78, 5) is 13.3. The van der Waals surface area contributed by atoms with Gasteiger partial charge in [-0.25, -0.2) is 4.39 Å². The Morgan fingerprint density at radius 3 is 2.67 bits per heavy atom. The lowest BCUT2D eigenvalue weighted by atomic mass is 10.2. The van der Waals surface area contributed by atoms with Crippen LogP contribution in [0.5, 0.6) is 0 Å². The summed E-state index contributed by atoms with van der Waals surface area (Å²) in [6.45, 7) is 4.57. The third-order valence-electron chi connectivity index (χ3n) is 2.30. The van der Waals surface area contributed by atoms with E-state index in [0.29, 0.717) is 12.2 Å². The van der Waals surface area contributed by atoms with Crippen molar-refractivity contribution < 1.29 is 9.18 Å². The van der Waals surface area contributed by atoms with Crippen LogP contribution in [0, 0.1) is 5.82 Å². The summed E-state index contributed by atoms with van der Waals surface area (Å²) in [5.74, 6) is -0.401. The Labute approximate surface area is 107 Å². The molecular weight excluding hydrogens is 233 g/mol. The average Bonchev–Trinajstić information content (AvgIpc) is 2.12. The standard InChI is InChI=1S/C13H20FN3O/c1-9(2)16-13(18)8-17(3)7-10-4-11(14)6-12(15)5-10/h4-6,9H,7-8,15H2,1-3H3,(H,16,18). The summed E-state index contributed by atoms with van der Waals surface area (Å²) in [5, 5.41) is 2.80. The molecule has 0 heterocycles. The van der Waals surface area contributed by atoms with Gasteiger partial charge in [-0.15, -0.1) is 0 Å². The minimum Gasteiger partial charge on any atom is -0.399 e. The molecule has 0 aliphatic rings. The molecule has 1 amide bonds. The van der Waals surface area contributed by atoms with E-state index in [4.69, 9.17) is 5.73 Å². The van der Waals surface area contributed by atoms with Crippen LogP contribution in [0.2, 0.25) is 0 Å². The summed E-state index contributed by atoms with van der Waals surface area (Å²) in [7, 11) is 1.81. The van der Waals surface area contributed by atoms with Crippen LogP contribution in [-0.2, 0) is 11.3 Å². The van der Waals surface area contributed by atoms with Crippen molar-refractivity contribution in [3.05, 3.63) is 29.6 Å². The summed E-state index contributed by atoms with van der Waals surface area (Å²) in [6.07, 6.45) is 0. The van der Waals surface area contributed by atoms with Crippen LogP contribution in [0.4, 0.5) is 10.1 Å². The third-order valence-corrected chi connectivity index (χ3v) is 2.30. The van der Waals surface area contributed by atoms with Crippen molar-refractivity contribution in [3.8, 4) is 0 Å². The number of nitrogens with one attached hydrogen (secondary N) is 1. The SMILES string of the molecule is CC(C)NC(=O)CN(C)Cc1cc(N)cc(F)c1. The lowest BCUT2D eigenvalue weighted by Gasteiger charge is -2.17. The molecule has 0 bridgehead atoms. The van der Waals surface area contributed by atoms with Gasteiger partial charge in [-0.05, 0) is 44.7 Å². The number of anilines is 1. The number of likely N-dealkylation sites (N-methyl/N-ethyl adjacent to an activating group) is 1. The third kappa shape index (κ3) is 5.14. The fourth-order valence-corrected chi connectivity index (χ4v) is 1.75. The van der Waals surface area contributed by atoms with Gasteiger partial charge in [0.05, 0.1) is 6.54 Å². The Balaban J connectivity index is 2.53. The zero-order valence-corrected chi connectivity index (χ0v) is 11.0. The molecule has 0 aliphatic heterocycles. The van der Waals surface area contributed by atoms with E-state index in [1.807, 2.05) is 18.7 Å². The highest BCUT2D eigenvalue weighted by Gasteiger charge is 2.08. The highest BCUT2D eigenvalue weighted by molar-refractivity contribution is 5.78. The first-order valence-corrected chi connectivity index (χ1v) is 5.89. The molecule has 1 aromatic carbocycles. The highest BCUT2D eigenvalue weighted by atomic mass is 19.1. The van der Waals surface area contributed by atoms with Crippen LogP contribution in [-0.4, -0.2) is 30.4 Å². The van der Waals surface area contributed by atoms with E-state index in [-0.39, 0.29) is 24.3 Å². The van der Waals surface area contributed by atoms with E-state index < -0.39 is 0 Å². The van der Waals surface area contributed by atoms with Gasteiger partial charge >= 0.3 is 0 Å². The van der Waals surface area contributed by atoms with E-state index in [0.717, 1.165) is 5.56 Å². The first-order valence-electron chi connectivity index (χ1n) is 5.89. The molecule has 3 N–H and O–H groups in total. The number of rotatable bonds is 5. The molecule has 0 spiro atoms.